The van der Waals surface area contributed by atoms with Crippen LogP contribution >= 0.6 is 11.8 Å². The molecule has 0 spiro atoms. The van der Waals surface area contributed by atoms with E-state index >= 15 is 0 Å². The van der Waals surface area contributed by atoms with E-state index in [-0.39, 0.29) is 24.8 Å². The second-order valence-corrected chi connectivity index (χ2v) is 8.64. The van der Waals surface area contributed by atoms with E-state index in [4.69, 9.17) is 0 Å². The van der Waals surface area contributed by atoms with Crippen LogP contribution in [0, 0.1) is 12.0 Å². The van der Waals surface area contributed by atoms with E-state index < -0.39 is 0 Å². The molecule has 0 amide bonds. The van der Waals surface area contributed by atoms with Crippen molar-refractivity contribution in [2.45, 2.75) is 34.1 Å². The summed E-state index contributed by atoms with van der Waals surface area (Å²) in [5, 5.41) is 0. The summed E-state index contributed by atoms with van der Waals surface area (Å²) in [5.41, 5.74) is 1.34. The van der Waals surface area contributed by atoms with E-state index in [1.165, 1.54) is 18.6 Å². The summed E-state index contributed by atoms with van der Waals surface area (Å²) in [7, 11) is 0. The molecular formula is C17H21Cl2SZr-. The summed E-state index contributed by atoms with van der Waals surface area (Å²) in [6, 6.07) is 0. The van der Waals surface area contributed by atoms with Crippen molar-refractivity contribution in [3.8, 4) is 0 Å². The Morgan fingerprint density at radius 2 is 1.90 bits per heavy atom. The summed E-state index contributed by atoms with van der Waals surface area (Å²) < 4.78 is 1.51. The summed E-state index contributed by atoms with van der Waals surface area (Å²) in [6.45, 7) is 8.49. The Hall–Kier alpha value is 0.383. The minimum Gasteiger partial charge on any atom is -1.00 e. The third kappa shape index (κ3) is 10.7. The van der Waals surface area contributed by atoms with Gasteiger partial charge in [0.15, 0.2) is 0 Å². The number of hydrogen-bond donors (Lipinski definition) is 0. The number of rotatable bonds is 0. The van der Waals surface area contributed by atoms with Crippen LogP contribution in [0.3, 0.4) is 0 Å². The average molecular weight is 420 g/mol. The van der Waals surface area contributed by atoms with Crippen molar-refractivity contribution in [1.82, 2.24) is 0 Å². The van der Waals surface area contributed by atoms with Crippen LogP contribution in [-0.4, -0.2) is 3.21 Å². The summed E-state index contributed by atoms with van der Waals surface area (Å²) >= 11 is 3.45. The zero-order valence-electron chi connectivity index (χ0n) is 12.9. The van der Waals surface area contributed by atoms with Crippen molar-refractivity contribution in [2.75, 3.05) is 0 Å². The molecule has 1 unspecified atom stereocenters. The van der Waals surface area contributed by atoms with Gasteiger partial charge in [0.2, 0.25) is 0 Å². The molecule has 21 heavy (non-hydrogen) atoms. The number of hydrogen-bond acceptors (Lipinski definition) is 1. The average Bonchev–Trinajstić information content (AvgIpc) is 2.95. The summed E-state index contributed by atoms with van der Waals surface area (Å²) in [4.78, 5) is 2.93. The Balaban J connectivity index is 0. The van der Waals surface area contributed by atoms with E-state index in [1.807, 2.05) is 17.8 Å². The molecule has 1 atom stereocenters. The van der Waals surface area contributed by atoms with Gasteiger partial charge in [-0.15, -0.1) is 13.3 Å². The number of thioether (sulfide) groups is 1. The van der Waals surface area contributed by atoms with Gasteiger partial charge in [0.1, 0.15) is 0 Å². The molecule has 0 aromatic rings. The van der Waals surface area contributed by atoms with Crippen LogP contribution < -0.4 is 24.8 Å². The van der Waals surface area contributed by atoms with Crippen LogP contribution in [0.2, 0.25) is 0 Å². The molecule has 114 valence electrons. The smallest absolute Gasteiger partial charge is 1.00 e. The molecule has 0 saturated carbocycles. The van der Waals surface area contributed by atoms with Gasteiger partial charge in [-0.3, -0.25) is 6.08 Å². The fraction of sp³-hybridized carbons (Fsp3) is 0.353. The zero-order chi connectivity index (χ0) is 14.3. The first kappa shape index (κ1) is 23.6. The third-order valence-corrected chi connectivity index (χ3v) is 3.57. The predicted octanol–water partition coefficient (Wildman–Crippen LogP) is -0.844. The first-order chi connectivity index (χ1) is 8.99. The van der Waals surface area contributed by atoms with Crippen molar-refractivity contribution in [3.63, 3.8) is 0 Å². The maximum atomic E-state index is 3.05. The van der Waals surface area contributed by atoms with E-state index in [9.17, 15) is 0 Å². The van der Waals surface area contributed by atoms with Gasteiger partial charge in [-0.1, -0.05) is 36.1 Å². The quantitative estimate of drug-likeness (QED) is 0.462. The topological polar surface area (TPSA) is 0 Å². The van der Waals surface area contributed by atoms with Crippen LogP contribution in [0.1, 0.15) is 34.1 Å². The molecule has 3 rings (SSSR count). The molecule has 0 N–H and O–H groups in total. The van der Waals surface area contributed by atoms with E-state index in [2.05, 4.69) is 64.2 Å². The third-order valence-electron chi connectivity index (χ3n) is 2.47. The van der Waals surface area contributed by atoms with Crippen LogP contribution in [0.15, 0.2) is 51.8 Å². The fourth-order valence-electron chi connectivity index (χ4n) is 1.69. The SMILES string of the molecule is CC1=CC2C=CC=C2S1.CC1=CC[C-]=C1.C[C](C)=[Zr+2].[Cl-].[Cl-]. The van der Waals surface area contributed by atoms with Gasteiger partial charge >= 0.3 is 41.3 Å². The van der Waals surface area contributed by atoms with Crippen LogP contribution in [0.4, 0.5) is 0 Å². The molecule has 4 heteroatoms. The Morgan fingerprint density at radius 3 is 2.29 bits per heavy atom. The standard InChI is InChI=1S/C8H8S.C6H7.C3H6.2ClH.Zr/c1-6-5-7-3-2-4-8(7)9-6;1-6-4-2-3-5-6;1-3-2;;;/h2-5,7H,1H3;4-5H,2H2,1H3;1-2H3;2*1H;/q;-1;;;;+2/p-2. The van der Waals surface area contributed by atoms with Gasteiger partial charge in [0.25, 0.3) is 0 Å². The van der Waals surface area contributed by atoms with Crippen molar-refractivity contribution in [1.29, 1.82) is 0 Å². The number of allylic oxidation sites excluding steroid dienone is 10. The zero-order valence-corrected chi connectivity index (χ0v) is 17.7. The van der Waals surface area contributed by atoms with Crippen LogP contribution in [-0.2, 0) is 24.2 Å². The monoisotopic (exact) mass is 417 g/mol. The first-order valence-corrected chi connectivity index (χ1v) is 8.53. The molecule has 0 nitrogen and oxygen atoms in total. The van der Waals surface area contributed by atoms with Gasteiger partial charge in [0, 0.05) is 10.8 Å². The molecular weight excluding hydrogens is 398 g/mol. The largest absolute Gasteiger partial charge is 1.00 e. The second-order valence-electron chi connectivity index (χ2n) is 4.86. The predicted molar refractivity (Wildman–Crippen MR) is 84.6 cm³/mol. The normalized spacial score (nSPS) is 19.5. The molecule has 0 aromatic heterocycles. The van der Waals surface area contributed by atoms with Crippen LogP contribution in [0.25, 0.3) is 0 Å². The van der Waals surface area contributed by atoms with E-state index in [0.29, 0.717) is 5.92 Å². The first-order valence-electron chi connectivity index (χ1n) is 6.49. The van der Waals surface area contributed by atoms with Gasteiger partial charge < -0.3 is 24.8 Å². The minimum absolute atomic E-state index is 0. The van der Waals surface area contributed by atoms with Crippen molar-refractivity contribution in [3.05, 3.63) is 57.9 Å². The van der Waals surface area contributed by atoms with Crippen molar-refractivity contribution >= 4 is 15.0 Å². The van der Waals surface area contributed by atoms with Gasteiger partial charge in [-0.25, -0.2) is 11.6 Å². The molecule has 2 aliphatic carbocycles. The van der Waals surface area contributed by atoms with E-state index in [0.717, 1.165) is 6.42 Å². The van der Waals surface area contributed by atoms with E-state index in [1.54, 1.807) is 24.2 Å². The van der Waals surface area contributed by atoms with Gasteiger partial charge in [-0.05, 0) is 11.8 Å². The summed E-state index contributed by atoms with van der Waals surface area (Å²) in [5.74, 6) is 0.634. The molecule has 0 bridgehead atoms. The van der Waals surface area contributed by atoms with Crippen LogP contribution in [0.5, 0.6) is 0 Å². The summed E-state index contributed by atoms with van der Waals surface area (Å²) in [6.07, 6.45) is 17.1. The molecule has 1 aliphatic heterocycles. The number of fused-ring (bicyclic) bond motifs is 1. The Bertz CT molecular complexity index is 478. The van der Waals surface area contributed by atoms with Crippen molar-refractivity contribution in [2.24, 2.45) is 5.92 Å². The van der Waals surface area contributed by atoms with Gasteiger partial charge in [0.05, 0.1) is 0 Å². The molecule has 0 saturated heterocycles. The Morgan fingerprint density at radius 1 is 1.29 bits per heavy atom. The Kier molecular flexibility index (Phi) is 14.5. The molecule has 0 aromatic carbocycles. The molecule has 0 fully saturated rings. The Labute approximate surface area is 161 Å². The molecule has 3 aliphatic rings. The molecule has 1 heterocycles. The second kappa shape index (κ2) is 12.9. The minimum atomic E-state index is 0. The fourth-order valence-corrected chi connectivity index (χ4v) is 2.70. The maximum Gasteiger partial charge on any atom is -1.00 e. The van der Waals surface area contributed by atoms with Crippen molar-refractivity contribution < 1.29 is 49.0 Å². The molecule has 0 radical (unpaired) electrons. The van der Waals surface area contributed by atoms with Gasteiger partial charge in [-0.2, -0.15) is 6.08 Å². The maximum absolute atomic E-state index is 3.05. The number of halogens is 2.